The van der Waals surface area contributed by atoms with E-state index < -0.39 is 0 Å². The first-order valence-electron chi connectivity index (χ1n) is 8.95. The van der Waals surface area contributed by atoms with Crippen molar-refractivity contribution < 1.29 is 19.0 Å². The molecule has 3 heterocycles. The molecular formula is C20H22N2O4. The largest absolute Gasteiger partial charge is 0.493 e. The van der Waals surface area contributed by atoms with Crippen LogP contribution in [0.3, 0.4) is 0 Å². The van der Waals surface area contributed by atoms with Gasteiger partial charge in [0.2, 0.25) is 0 Å². The van der Waals surface area contributed by atoms with Crippen LogP contribution in [0.1, 0.15) is 28.0 Å². The Bertz CT molecular complexity index is 766. The number of ether oxygens (including phenoxy) is 3. The number of aromatic nitrogens is 1. The molecule has 0 spiro atoms. The van der Waals surface area contributed by atoms with Crippen molar-refractivity contribution in [2.75, 3.05) is 19.8 Å². The minimum Gasteiger partial charge on any atom is -0.493 e. The second-order valence-corrected chi connectivity index (χ2v) is 6.54. The number of hydrogen-bond donors (Lipinski definition) is 1. The topological polar surface area (TPSA) is 69.7 Å². The van der Waals surface area contributed by atoms with Gasteiger partial charge in [-0.25, -0.2) is 0 Å². The number of fused-ring (bicyclic) bond motifs is 1. The van der Waals surface area contributed by atoms with Gasteiger partial charge >= 0.3 is 0 Å². The van der Waals surface area contributed by atoms with E-state index in [0.29, 0.717) is 32.0 Å². The number of pyridine rings is 1. The van der Waals surface area contributed by atoms with E-state index in [1.807, 2.05) is 36.4 Å². The molecule has 0 unspecified atom stereocenters. The fraction of sp³-hybridized carbons (Fsp3) is 0.400. The zero-order valence-corrected chi connectivity index (χ0v) is 14.5. The van der Waals surface area contributed by atoms with E-state index in [9.17, 15) is 4.79 Å². The van der Waals surface area contributed by atoms with Gasteiger partial charge in [-0.15, -0.1) is 0 Å². The third kappa shape index (κ3) is 3.86. The predicted molar refractivity (Wildman–Crippen MR) is 95.1 cm³/mol. The van der Waals surface area contributed by atoms with Gasteiger partial charge < -0.3 is 19.5 Å². The highest BCUT2D eigenvalue weighted by Crippen LogP contribution is 2.26. The first kappa shape index (κ1) is 17.0. The zero-order valence-electron chi connectivity index (χ0n) is 14.5. The predicted octanol–water partition coefficient (Wildman–Crippen LogP) is 2.12. The molecule has 136 valence electrons. The normalized spacial score (nSPS) is 21.7. The quantitative estimate of drug-likeness (QED) is 0.891. The Morgan fingerprint density at radius 1 is 1.27 bits per heavy atom. The summed E-state index contributed by atoms with van der Waals surface area (Å²) >= 11 is 0. The molecule has 2 aromatic rings. The molecular weight excluding hydrogens is 332 g/mol. The summed E-state index contributed by atoms with van der Waals surface area (Å²) in [5.41, 5.74) is 2.61. The minimum atomic E-state index is -0.188. The number of carbonyl (C=O) groups excluding carboxylic acids is 1. The van der Waals surface area contributed by atoms with Gasteiger partial charge in [0.05, 0.1) is 31.6 Å². The van der Waals surface area contributed by atoms with Gasteiger partial charge in [-0.2, -0.15) is 0 Å². The average Bonchev–Trinajstić information content (AvgIpc) is 3.16. The van der Waals surface area contributed by atoms with Crippen LogP contribution in [0.2, 0.25) is 0 Å². The summed E-state index contributed by atoms with van der Waals surface area (Å²) in [4.78, 5) is 16.9. The Labute approximate surface area is 152 Å². The Morgan fingerprint density at radius 3 is 3.12 bits per heavy atom. The molecule has 6 nitrogen and oxygen atoms in total. The number of nitrogens with one attached hydrogen (secondary N) is 1. The summed E-state index contributed by atoms with van der Waals surface area (Å²) in [6, 6.07) is 11.2. The van der Waals surface area contributed by atoms with Crippen molar-refractivity contribution in [1.29, 1.82) is 0 Å². The van der Waals surface area contributed by atoms with Crippen LogP contribution in [0.15, 0.2) is 42.6 Å². The van der Waals surface area contributed by atoms with Gasteiger partial charge in [-0.05, 0) is 42.3 Å². The lowest BCUT2D eigenvalue weighted by Gasteiger charge is -2.32. The number of benzene rings is 1. The van der Waals surface area contributed by atoms with E-state index in [4.69, 9.17) is 14.2 Å². The standard InChI is InChI=1S/C20H22N2O4/c23-20(15-4-5-18-14(11-15)6-10-25-18)22-17-7-9-24-13-19(17)26-12-16-3-1-2-8-21-16/h1-5,8,11,17,19H,6-7,9-10,12-13H2,(H,22,23)/t17-,19-/m1/s1. The Hall–Kier alpha value is -2.44. The van der Waals surface area contributed by atoms with Gasteiger partial charge in [0.1, 0.15) is 11.9 Å². The van der Waals surface area contributed by atoms with Crippen molar-refractivity contribution in [3.63, 3.8) is 0 Å². The molecule has 6 heteroatoms. The summed E-state index contributed by atoms with van der Waals surface area (Å²) in [5.74, 6) is 0.794. The van der Waals surface area contributed by atoms with Crippen LogP contribution in [0.4, 0.5) is 0 Å². The van der Waals surface area contributed by atoms with E-state index in [1.54, 1.807) is 6.20 Å². The first-order chi connectivity index (χ1) is 12.8. The van der Waals surface area contributed by atoms with Crippen molar-refractivity contribution in [2.24, 2.45) is 0 Å². The lowest BCUT2D eigenvalue weighted by atomic mass is 10.0. The van der Waals surface area contributed by atoms with Crippen molar-refractivity contribution >= 4 is 5.91 Å². The van der Waals surface area contributed by atoms with Gasteiger partial charge in [0.25, 0.3) is 5.91 Å². The maximum atomic E-state index is 12.7. The maximum Gasteiger partial charge on any atom is 0.251 e. The lowest BCUT2D eigenvalue weighted by Crippen LogP contribution is -2.50. The second kappa shape index (κ2) is 7.85. The van der Waals surface area contributed by atoms with Crippen molar-refractivity contribution in [3.8, 4) is 5.75 Å². The molecule has 2 atom stereocenters. The van der Waals surface area contributed by atoms with Crippen LogP contribution in [-0.4, -0.2) is 42.9 Å². The molecule has 2 aliphatic heterocycles. The first-order valence-corrected chi connectivity index (χ1v) is 8.95. The van der Waals surface area contributed by atoms with E-state index in [1.165, 1.54) is 0 Å². The lowest BCUT2D eigenvalue weighted by molar-refractivity contribution is -0.0743. The maximum absolute atomic E-state index is 12.7. The highest BCUT2D eigenvalue weighted by atomic mass is 16.5. The fourth-order valence-corrected chi connectivity index (χ4v) is 3.30. The Balaban J connectivity index is 1.39. The van der Waals surface area contributed by atoms with E-state index in [2.05, 4.69) is 10.3 Å². The third-order valence-corrected chi connectivity index (χ3v) is 4.74. The summed E-state index contributed by atoms with van der Waals surface area (Å²) in [6.07, 6.45) is 3.13. The molecule has 1 amide bonds. The summed E-state index contributed by atoms with van der Waals surface area (Å²) in [5, 5.41) is 3.11. The molecule has 0 radical (unpaired) electrons. The van der Waals surface area contributed by atoms with Crippen LogP contribution in [0, 0.1) is 0 Å². The van der Waals surface area contributed by atoms with Crippen LogP contribution in [0.25, 0.3) is 0 Å². The molecule has 0 saturated carbocycles. The van der Waals surface area contributed by atoms with Crippen molar-refractivity contribution in [2.45, 2.75) is 31.6 Å². The van der Waals surface area contributed by atoms with Crippen LogP contribution < -0.4 is 10.1 Å². The highest BCUT2D eigenvalue weighted by molar-refractivity contribution is 5.94. The molecule has 4 rings (SSSR count). The summed E-state index contributed by atoms with van der Waals surface area (Å²) in [7, 11) is 0. The van der Waals surface area contributed by atoms with Gasteiger partial charge in [0.15, 0.2) is 0 Å². The summed E-state index contributed by atoms with van der Waals surface area (Å²) in [6.45, 7) is 2.17. The Kier molecular flexibility index (Phi) is 5.13. The molecule has 1 fully saturated rings. The van der Waals surface area contributed by atoms with E-state index >= 15 is 0 Å². The molecule has 1 N–H and O–H groups in total. The number of nitrogens with zero attached hydrogens (tertiary/aromatic N) is 1. The molecule has 1 aromatic heterocycles. The molecule has 2 aliphatic rings. The van der Waals surface area contributed by atoms with Crippen molar-refractivity contribution in [3.05, 3.63) is 59.4 Å². The monoisotopic (exact) mass is 354 g/mol. The average molecular weight is 354 g/mol. The van der Waals surface area contributed by atoms with Gasteiger partial charge in [-0.3, -0.25) is 9.78 Å². The number of amides is 1. The second-order valence-electron chi connectivity index (χ2n) is 6.54. The minimum absolute atomic E-state index is 0.0792. The molecule has 0 aliphatic carbocycles. The van der Waals surface area contributed by atoms with Crippen molar-refractivity contribution in [1.82, 2.24) is 10.3 Å². The molecule has 1 saturated heterocycles. The highest BCUT2D eigenvalue weighted by Gasteiger charge is 2.28. The fourth-order valence-electron chi connectivity index (χ4n) is 3.30. The van der Waals surface area contributed by atoms with Gasteiger partial charge in [0, 0.05) is 24.8 Å². The molecule has 1 aromatic carbocycles. The SMILES string of the molecule is O=C(N[C@@H]1CCOC[C@H]1OCc1ccccn1)c1ccc2c(c1)CCO2. The third-order valence-electron chi connectivity index (χ3n) is 4.74. The van der Waals surface area contributed by atoms with Crippen LogP contribution in [-0.2, 0) is 22.5 Å². The van der Waals surface area contributed by atoms with E-state index in [0.717, 1.165) is 29.8 Å². The van der Waals surface area contributed by atoms with Gasteiger partial charge in [-0.1, -0.05) is 6.07 Å². The Morgan fingerprint density at radius 2 is 2.23 bits per heavy atom. The van der Waals surface area contributed by atoms with Crippen LogP contribution >= 0.6 is 0 Å². The molecule has 0 bridgehead atoms. The summed E-state index contributed by atoms with van der Waals surface area (Å²) < 4.78 is 17.0. The number of rotatable bonds is 5. The van der Waals surface area contributed by atoms with Crippen LogP contribution in [0.5, 0.6) is 5.75 Å². The number of carbonyl (C=O) groups is 1. The molecule has 26 heavy (non-hydrogen) atoms. The number of hydrogen-bond acceptors (Lipinski definition) is 5. The zero-order chi connectivity index (χ0) is 17.8. The van der Waals surface area contributed by atoms with E-state index in [-0.39, 0.29) is 18.1 Å². The smallest absolute Gasteiger partial charge is 0.251 e.